The van der Waals surface area contributed by atoms with Gasteiger partial charge in [-0.3, -0.25) is 9.36 Å². The minimum atomic E-state index is -0.322. The van der Waals surface area contributed by atoms with Gasteiger partial charge in [0.1, 0.15) is 5.76 Å². The second-order valence-electron chi connectivity index (χ2n) is 7.36. The molecule has 0 unspecified atom stereocenters. The van der Waals surface area contributed by atoms with Crippen LogP contribution in [0.5, 0.6) is 0 Å². The maximum Gasteiger partial charge on any atom is 0.218 e. The highest BCUT2D eigenvalue weighted by atomic mass is 32.2. The first-order valence-corrected chi connectivity index (χ1v) is 9.81. The second-order valence-corrected chi connectivity index (χ2v) is 8.43. The Labute approximate surface area is 163 Å². The molecule has 0 saturated heterocycles. The molecule has 0 aliphatic rings. The third-order valence-electron chi connectivity index (χ3n) is 4.20. The number of hydrogen-bond acceptors (Lipinski definition) is 5. The third kappa shape index (κ3) is 4.80. The first-order chi connectivity index (χ1) is 12.8. The molecule has 0 aliphatic carbocycles. The molecule has 0 spiro atoms. The summed E-state index contributed by atoms with van der Waals surface area (Å²) in [5.41, 5.74) is 7.59. The summed E-state index contributed by atoms with van der Waals surface area (Å²) in [5, 5.41) is 9.45. The van der Waals surface area contributed by atoms with Crippen molar-refractivity contribution in [2.75, 3.05) is 5.75 Å². The number of hydrogen-bond donors (Lipinski definition) is 1. The number of aromatic nitrogens is 3. The van der Waals surface area contributed by atoms with Crippen LogP contribution in [0.15, 0.2) is 52.2 Å². The Morgan fingerprint density at radius 2 is 1.93 bits per heavy atom. The highest BCUT2D eigenvalue weighted by Gasteiger charge is 2.18. The van der Waals surface area contributed by atoms with E-state index in [1.807, 2.05) is 16.7 Å². The summed E-state index contributed by atoms with van der Waals surface area (Å²) in [7, 11) is 0. The predicted molar refractivity (Wildman–Crippen MR) is 107 cm³/mol. The molecule has 3 rings (SSSR count). The Hall–Kier alpha value is -2.54. The average molecular weight is 385 g/mol. The Bertz CT molecular complexity index is 893. The maximum absolute atomic E-state index is 11.0. The second kappa shape index (κ2) is 8.00. The molecule has 3 aromatic rings. The number of amides is 1. The lowest BCUT2D eigenvalue weighted by molar-refractivity contribution is -0.117. The lowest BCUT2D eigenvalue weighted by Gasteiger charge is -2.19. The summed E-state index contributed by atoms with van der Waals surface area (Å²) in [5.74, 6) is 1.83. The zero-order valence-electron chi connectivity index (χ0n) is 15.8. The summed E-state index contributed by atoms with van der Waals surface area (Å²) in [6.07, 6.45) is 1.95. The van der Waals surface area contributed by atoms with Gasteiger partial charge in [0.25, 0.3) is 0 Å². The molecule has 7 heteroatoms. The van der Waals surface area contributed by atoms with E-state index in [4.69, 9.17) is 10.2 Å². The highest BCUT2D eigenvalue weighted by molar-refractivity contribution is 7.99. The van der Waals surface area contributed by atoms with Gasteiger partial charge in [0.2, 0.25) is 5.91 Å². The van der Waals surface area contributed by atoms with Crippen LogP contribution in [0.25, 0.3) is 11.4 Å². The van der Waals surface area contributed by atoms with Gasteiger partial charge < -0.3 is 10.2 Å². The number of benzene rings is 1. The minimum Gasteiger partial charge on any atom is -0.467 e. The van der Waals surface area contributed by atoms with Crippen LogP contribution in [0.3, 0.4) is 0 Å². The summed E-state index contributed by atoms with van der Waals surface area (Å²) in [4.78, 5) is 11.0. The molecule has 2 heterocycles. The number of carbonyl (C=O) groups excluding carboxylic acids is 1. The van der Waals surface area contributed by atoms with Crippen LogP contribution in [0.1, 0.15) is 38.5 Å². The molecule has 0 radical (unpaired) electrons. The summed E-state index contributed by atoms with van der Waals surface area (Å²) in [6.45, 7) is 7.09. The van der Waals surface area contributed by atoms with Gasteiger partial charge in [0, 0.05) is 17.7 Å². The van der Waals surface area contributed by atoms with Crippen molar-refractivity contribution in [2.24, 2.45) is 5.73 Å². The Morgan fingerprint density at radius 3 is 2.52 bits per heavy atom. The van der Waals surface area contributed by atoms with Gasteiger partial charge in [-0.2, -0.15) is 0 Å². The molecule has 0 atom stereocenters. The quantitative estimate of drug-likeness (QED) is 0.625. The molecule has 2 N–H and O–H groups in total. The van der Waals surface area contributed by atoms with Crippen molar-refractivity contribution < 1.29 is 9.21 Å². The van der Waals surface area contributed by atoms with Crippen molar-refractivity contribution >= 4 is 17.7 Å². The molecule has 6 nitrogen and oxygen atoms in total. The molecule has 1 amide bonds. The van der Waals surface area contributed by atoms with Gasteiger partial charge in [0.15, 0.2) is 11.0 Å². The number of rotatable bonds is 7. The maximum atomic E-state index is 11.0. The van der Waals surface area contributed by atoms with Crippen LogP contribution in [0.4, 0.5) is 0 Å². The van der Waals surface area contributed by atoms with Crippen LogP contribution >= 0.6 is 11.8 Å². The summed E-state index contributed by atoms with van der Waals surface area (Å²) < 4.78 is 7.51. The molecule has 0 aliphatic heterocycles. The van der Waals surface area contributed by atoms with E-state index in [-0.39, 0.29) is 11.3 Å². The van der Waals surface area contributed by atoms with Gasteiger partial charge in [-0.25, -0.2) is 0 Å². The van der Waals surface area contributed by atoms with Crippen molar-refractivity contribution in [1.29, 1.82) is 0 Å². The van der Waals surface area contributed by atoms with Crippen molar-refractivity contribution in [3.05, 3.63) is 54.0 Å². The monoisotopic (exact) mass is 384 g/mol. The minimum absolute atomic E-state index is 0.0934. The number of nitrogens with zero attached hydrogens (tertiary/aromatic N) is 3. The van der Waals surface area contributed by atoms with E-state index in [1.54, 1.807) is 6.26 Å². The number of thioether (sulfide) groups is 1. The molecule has 2 aromatic heterocycles. The normalized spacial score (nSPS) is 11.7. The Kier molecular flexibility index (Phi) is 5.70. The zero-order valence-corrected chi connectivity index (χ0v) is 16.6. The molecule has 0 bridgehead atoms. The van der Waals surface area contributed by atoms with Gasteiger partial charge in [-0.1, -0.05) is 56.8 Å². The molecular formula is C20H24N4O2S. The SMILES string of the molecule is CC(C)(C)c1ccc(-c2nnc(SCCC(N)=O)n2Cc2ccco2)cc1. The lowest BCUT2D eigenvalue weighted by Crippen LogP contribution is -2.11. The number of carbonyl (C=O) groups is 1. The van der Waals surface area contributed by atoms with E-state index < -0.39 is 0 Å². The lowest BCUT2D eigenvalue weighted by atomic mass is 9.87. The van der Waals surface area contributed by atoms with Crippen LogP contribution in [0, 0.1) is 0 Å². The number of primary amides is 1. The van der Waals surface area contributed by atoms with E-state index in [0.717, 1.165) is 22.3 Å². The van der Waals surface area contributed by atoms with Crippen molar-refractivity contribution in [3.8, 4) is 11.4 Å². The van der Waals surface area contributed by atoms with Crippen LogP contribution in [0.2, 0.25) is 0 Å². The van der Waals surface area contributed by atoms with Crippen LogP contribution in [-0.2, 0) is 16.8 Å². The fraction of sp³-hybridized carbons (Fsp3) is 0.350. The van der Waals surface area contributed by atoms with Crippen LogP contribution < -0.4 is 5.73 Å². The standard InChI is InChI=1S/C20H24N4O2S/c1-20(2,3)15-8-6-14(7-9-15)18-22-23-19(27-12-10-17(21)25)24(18)13-16-5-4-11-26-16/h4-9,11H,10,12-13H2,1-3H3,(H2,21,25). The summed E-state index contributed by atoms with van der Waals surface area (Å²) >= 11 is 1.47. The summed E-state index contributed by atoms with van der Waals surface area (Å²) in [6, 6.07) is 12.2. The molecule has 1 aromatic carbocycles. The first kappa shape index (κ1) is 19.2. The van der Waals surface area contributed by atoms with E-state index in [1.165, 1.54) is 17.3 Å². The van der Waals surface area contributed by atoms with E-state index in [2.05, 4.69) is 55.2 Å². The molecule has 142 valence electrons. The molecule has 0 fully saturated rings. The van der Waals surface area contributed by atoms with Gasteiger partial charge in [0.05, 0.1) is 12.8 Å². The number of furan rings is 1. The van der Waals surface area contributed by atoms with Gasteiger partial charge >= 0.3 is 0 Å². The molecular weight excluding hydrogens is 360 g/mol. The van der Waals surface area contributed by atoms with Gasteiger partial charge in [-0.05, 0) is 23.1 Å². The Balaban J connectivity index is 1.91. The third-order valence-corrected chi connectivity index (χ3v) is 5.17. The topological polar surface area (TPSA) is 86.9 Å². The van der Waals surface area contributed by atoms with E-state index >= 15 is 0 Å². The van der Waals surface area contributed by atoms with Gasteiger partial charge in [-0.15, -0.1) is 10.2 Å². The highest BCUT2D eigenvalue weighted by Crippen LogP contribution is 2.28. The van der Waals surface area contributed by atoms with Crippen molar-refractivity contribution in [1.82, 2.24) is 14.8 Å². The zero-order chi connectivity index (χ0) is 19.4. The van der Waals surface area contributed by atoms with Crippen molar-refractivity contribution in [3.63, 3.8) is 0 Å². The van der Waals surface area contributed by atoms with E-state index in [9.17, 15) is 4.79 Å². The molecule has 27 heavy (non-hydrogen) atoms. The Morgan fingerprint density at radius 1 is 1.19 bits per heavy atom. The van der Waals surface area contributed by atoms with Crippen molar-refractivity contribution in [2.45, 2.75) is 44.3 Å². The fourth-order valence-corrected chi connectivity index (χ4v) is 3.56. The predicted octanol–water partition coefficient (Wildman–Crippen LogP) is 3.85. The van der Waals surface area contributed by atoms with Crippen LogP contribution in [-0.4, -0.2) is 26.4 Å². The largest absolute Gasteiger partial charge is 0.467 e. The molecule has 0 saturated carbocycles. The number of nitrogens with two attached hydrogens (primary N) is 1. The fourth-order valence-electron chi connectivity index (χ4n) is 2.67. The first-order valence-electron chi connectivity index (χ1n) is 8.82. The van der Waals surface area contributed by atoms with E-state index in [0.29, 0.717) is 18.7 Å². The average Bonchev–Trinajstić information content (AvgIpc) is 3.25. The smallest absolute Gasteiger partial charge is 0.218 e.